The number of carbonyl (C=O) groups is 2. The number of aliphatic hydroxyl groups is 1. The first kappa shape index (κ1) is 59.1. The molecule has 0 aliphatic heterocycles. The van der Waals surface area contributed by atoms with Gasteiger partial charge in [0.05, 0.1) is 19.3 Å². The van der Waals surface area contributed by atoms with E-state index >= 15 is 0 Å². The fourth-order valence-corrected chi connectivity index (χ4v) is 7.03. The number of rotatable bonds is 44. The monoisotopic (exact) mass is 890 g/mol. The number of unbranched alkanes of at least 4 members (excludes halogenated alkanes) is 17. The summed E-state index contributed by atoms with van der Waals surface area (Å²) in [5.41, 5.74) is 5.34. The van der Waals surface area contributed by atoms with Crippen LogP contribution in [0.3, 0.4) is 0 Å². The Balaban J connectivity index is 4.29. The number of nitrogens with two attached hydrogens (primary N) is 1. The largest absolute Gasteiger partial charge is 0.472 e. The molecule has 0 heterocycles. The van der Waals surface area contributed by atoms with Crippen LogP contribution >= 0.6 is 7.82 Å². The molecule has 2 unspecified atom stereocenters. The summed E-state index contributed by atoms with van der Waals surface area (Å²) >= 11 is 0. The highest BCUT2D eigenvalue weighted by Gasteiger charge is 2.26. The molecule has 0 rings (SSSR count). The molecule has 0 bridgehead atoms. The van der Waals surface area contributed by atoms with Gasteiger partial charge >= 0.3 is 19.8 Å². The van der Waals surface area contributed by atoms with Crippen molar-refractivity contribution in [3.63, 3.8) is 0 Å². The van der Waals surface area contributed by atoms with Crippen LogP contribution in [0.1, 0.15) is 187 Å². The van der Waals surface area contributed by atoms with Crippen LogP contribution in [0.2, 0.25) is 0 Å². The fraction of sp³-hybridized carbons (Fsp3) is 0.686. The molecule has 3 atom stereocenters. The summed E-state index contributed by atoms with van der Waals surface area (Å²) < 4.78 is 32.7. The van der Waals surface area contributed by atoms with Crippen LogP contribution in [0.15, 0.2) is 85.1 Å². The van der Waals surface area contributed by atoms with Crippen LogP contribution in [0.5, 0.6) is 0 Å². The lowest BCUT2D eigenvalue weighted by Crippen LogP contribution is -2.30. The van der Waals surface area contributed by atoms with E-state index in [4.69, 9.17) is 24.3 Å². The highest BCUT2D eigenvalue weighted by molar-refractivity contribution is 7.47. The molecule has 10 nitrogen and oxygen atoms in total. The number of phosphoric ester groups is 1. The molecule has 11 heteroatoms. The van der Waals surface area contributed by atoms with E-state index < -0.39 is 38.6 Å². The van der Waals surface area contributed by atoms with E-state index in [0.717, 1.165) is 51.4 Å². The summed E-state index contributed by atoms with van der Waals surface area (Å²) in [6.45, 7) is 3.34. The Hall–Kier alpha value is -2.85. The van der Waals surface area contributed by atoms with Gasteiger partial charge in [-0.2, -0.15) is 0 Å². The van der Waals surface area contributed by atoms with Crippen molar-refractivity contribution in [2.24, 2.45) is 5.73 Å². The summed E-state index contributed by atoms with van der Waals surface area (Å²) in [6, 6.07) is 0. The summed E-state index contributed by atoms with van der Waals surface area (Å²) in [7, 11) is -4.45. The summed E-state index contributed by atoms with van der Waals surface area (Å²) in [6.07, 6.45) is 55.2. The SMILES string of the molecule is CC/C=C\C/C=C\C/C=C\C/C=C\C/C=C\C=C/C(O)CCC(=O)O[C@H](COC(=O)CCCCCCCCCCCCC/C=C\CCCCCCCC)COP(=O)(O)OCCN. The van der Waals surface area contributed by atoms with Gasteiger partial charge in [-0.1, -0.05) is 189 Å². The second-order valence-electron chi connectivity index (χ2n) is 15.8. The Bertz CT molecular complexity index is 1310. The second-order valence-corrected chi connectivity index (χ2v) is 17.2. The molecule has 0 saturated heterocycles. The number of carbonyl (C=O) groups excluding carboxylic acids is 2. The Morgan fingerprint density at radius 2 is 1.08 bits per heavy atom. The van der Waals surface area contributed by atoms with Crippen molar-refractivity contribution in [3.8, 4) is 0 Å². The number of hydrogen-bond donors (Lipinski definition) is 3. The first-order chi connectivity index (χ1) is 30.2. The maximum absolute atomic E-state index is 12.6. The maximum atomic E-state index is 12.6. The third-order valence-corrected chi connectivity index (χ3v) is 10.9. The van der Waals surface area contributed by atoms with Crippen LogP contribution in [-0.4, -0.2) is 60.5 Å². The maximum Gasteiger partial charge on any atom is 0.472 e. The van der Waals surface area contributed by atoms with E-state index in [1.807, 2.05) is 12.2 Å². The zero-order valence-electron chi connectivity index (χ0n) is 38.9. The molecule has 0 radical (unpaired) electrons. The van der Waals surface area contributed by atoms with Crippen molar-refractivity contribution < 1.29 is 42.7 Å². The van der Waals surface area contributed by atoms with Gasteiger partial charge in [-0.05, 0) is 70.6 Å². The van der Waals surface area contributed by atoms with Crippen molar-refractivity contribution in [1.82, 2.24) is 0 Å². The zero-order chi connectivity index (χ0) is 45.5. The first-order valence-corrected chi connectivity index (χ1v) is 25.7. The van der Waals surface area contributed by atoms with Crippen LogP contribution in [0.4, 0.5) is 0 Å². The van der Waals surface area contributed by atoms with Crippen molar-refractivity contribution in [2.45, 2.75) is 199 Å². The summed E-state index contributed by atoms with van der Waals surface area (Å²) in [4.78, 5) is 35.0. The normalized spacial score (nSPS) is 14.5. The second kappa shape index (κ2) is 46.2. The highest BCUT2D eigenvalue weighted by Crippen LogP contribution is 2.43. The van der Waals surface area contributed by atoms with Crippen LogP contribution in [-0.2, 0) is 32.7 Å². The molecule has 0 aromatic carbocycles. The molecule has 0 aromatic rings. The smallest absolute Gasteiger partial charge is 0.462 e. The predicted octanol–water partition coefficient (Wildman–Crippen LogP) is 13.4. The van der Waals surface area contributed by atoms with Crippen LogP contribution < -0.4 is 5.73 Å². The number of aliphatic hydroxyl groups excluding tert-OH is 1. The predicted molar refractivity (Wildman–Crippen MR) is 258 cm³/mol. The minimum Gasteiger partial charge on any atom is -0.462 e. The molecule has 0 saturated carbocycles. The topological polar surface area (TPSA) is 155 Å². The van der Waals surface area contributed by atoms with Crippen LogP contribution in [0.25, 0.3) is 0 Å². The lowest BCUT2D eigenvalue weighted by molar-refractivity contribution is -0.161. The van der Waals surface area contributed by atoms with E-state index in [1.165, 1.54) is 96.3 Å². The average Bonchev–Trinajstić information content (AvgIpc) is 3.26. The van der Waals surface area contributed by atoms with Crippen molar-refractivity contribution >= 4 is 19.8 Å². The molecule has 0 aliphatic carbocycles. The molecule has 0 aromatic heterocycles. The van der Waals surface area contributed by atoms with Gasteiger partial charge in [0.15, 0.2) is 6.10 Å². The summed E-state index contributed by atoms with van der Waals surface area (Å²) in [5.74, 6) is -1.11. The molecule has 0 amide bonds. The van der Waals surface area contributed by atoms with E-state index in [0.29, 0.717) is 6.42 Å². The standard InChI is InChI=1S/C51H88NO9P/c1-3-5-7-9-11-13-15-17-19-21-22-23-24-25-27-29-31-33-35-37-39-41-50(54)58-46-49(47-60-62(56,57)59-45-44-52)61-51(55)43-42-48(53)40-38-36-34-32-30-28-26-20-18-16-14-12-10-8-6-4-2/h6,8,12,14,17-20,28,30,34,36,38,40,48-49,53H,3-5,7,9-11,13,15-16,21-27,29,31-33,35,37,39,41-47,52H2,1-2H3,(H,56,57)/b8-6-,14-12-,19-17-,20-18-,30-28-,36-34-,40-38-/t48?,49-/m1/s1. The minimum absolute atomic E-state index is 0.0135. The quantitative estimate of drug-likeness (QED) is 0.0177. The first-order valence-electron chi connectivity index (χ1n) is 24.2. The Morgan fingerprint density at radius 3 is 1.61 bits per heavy atom. The van der Waals surface area contributed by atoms with Gasteiger partial charge < -0.3 is 25.2 Å². The minimum atomic E-state index is -4.45. The van der Waals surface area contributed by atoms with E-state index in [2.05, 4.69) is 74.6 Å². The molecule has 0 spiro atoms. The molecular formula is C51H88NO9P. The third kappa shape index (κ3) is 45.2. The van der Waals surface area contributed by atoms with E-state index in [1.54, 1.807) is 12.2 Å². The van der Waals surface area contributed by atoms with Gasteiger partial charge in [0.25, 0.3) is 0 Å². The van der Waals surface area contributed by atoms with Gasteiger partial charge in [-0.3, -0.25) is 18.6 Å². The number of esters is 2. The van der Waals surface area contributed by atoms with Crippen molar-refractivity contribution in [2.75, 3.05) is 26.4 Å². The average molecular weight is 890 g/mol. The van der Waals surface area contributed by atoms with Gasteiger partial charge in [0, 0.05) is 19.4 Å². The Labute approximate surface area is 377 Å². The molecule has 4 N–H and O–H groups in total. The third-order valence-electron chi connectivity index (χ3n) is 9.88. The zero-order valence-corrected chi connectivity index (χ0v) is 39.8. The number of phosphoric acid groups is 1. The van der Waals surface area contributed by atoms with Crippen LogP contribution in [0, 0.1) is 0 Å². The lowest BCUT2D eigenvalue weighted by atomic mass is 10.0. The Morgan fingerprint density at radius 1 is 0.581 bits per heavy atom. The fourth-order valence-electron chi connectivity index (χ4n) is 6.27. The number of ether oxygens (including phenoxy) is 2. The molecule has 0 aliphatic rings. The number of hydrogen-bond acceptors (Lipinski definition) is 9. The van der Waals surface area contributed by atoms with E-state index in [-0.39, 0.29) is 39.0 Å². The van der Waals surface area contributed by atoms with Crippen molar-refractivity contribution in [3.05, 3.63) is 85.1 Å². The highest BCUT2D eigenvalue weighted by atomic mass is 31.2. The molecule has 62 heavy (non-hydrogen) atoms. The van der Waals surface area contributed by atoms with E-state index in [9.17, 15) is 24.2 Å². The Kier molecular flexibility index (Phi) is 44.0. The van der Waals surface area contributed by atoms with Gasteiger partial charge in [-0.25, -0.2) is 4.57 Å². The van der Waals surface area contributed by atoms with Gasteiger partial charge in [-0.15, -0.1) is 0 Å². The van der Waals surface area contributed by atoms with Crippen molar-refractivity contribution in [1.29, 1.82) is 0 Å². The molecule has 0 fully saturated rings. The number of allylic oxidation sites excluding steroid dienone is 13. The lowest BCUT2D eigenvalue weighted by Gasteiger charge is -2.20. The van der Waals surface area contributed by atoms with Gasteiger partial charge in [0.2, 0.25) is 0 Å². The van der Waals surface area contributed by atoms with Gasteiger partial charge in [0.1, 0.15) is 6.61 Å². The molecule has 356 valence electrons. The summed E-state index contributed by atoms with van der Waals surface area (Å²) in [5, 5.41) is 10.3. The molecular weight excluding hydrogens is 802 g/mol.